The van der Waals surface area contributed by atoms with Gasteiger partial charge in [0.05, 0.1) is 6.54 Å². The molecular weight excluding hydrogens is 447 g/mol. The van der Waals surface area contributed by atoms with Crippen molar-refractivity contribution < 1.29 is 14.3 Å². The van der Waals surface area contributed by atoms with E-state index < -0.39 is 5.60 Å². The van der Waals surface area contributed by atoms with Crippen LogP contribution in [0.25, 0.3) is 0 Å². The largest absolute Gasteiger partial charge is 0.466 e. The number of nitrogens with one attached hydrogen (secondary N) is 3. The Morgan fingerprint density at radius 2 is 2.00 bits per heavy atom. The highest BCUT2D eigenvalue weighted by molar-refractivity contribution is 14.0. The normalized spacial score (nSPS) is 13.8. The summed E-state index contributed by atoms with van der Waals surface area (Å²) in [6.45, 7) is 12.6. The number of furan rings is 1. The molecule has 0 aliphatic heterocycles. The fourth-order valence-corrected chi connectivity index (χ4v) is 2.51. The van der Waals surface area contributed by atoms with E-state index in [2.05, 4.69) is 20.9 Å². The molecule has 1 rings (SSSR count). The highest BCUT2D eigenvalue weighted by Gasteiger charge is 2.27. The second-order valence-corrected chi connectivity index (χ2v) is 6.69. The van der Waals surface area contributed by atoms with Crippen LogP contribution in [0.15, 0.2) is 15.5 Å². The molecule has 0 fully saturated rings. The molecule has 1 aromatic heterocycles. The number of aryl methyl sites for hydroxylation is 2. The van der Waals surface area contributed by atoms with Gasteiger partial charge in [-0.15, -0.1) is 24.0 Å². The van der Waals surface area contributed by atoms with Gasteiger partial charge in [-0.05, 0) is 47.6 Å². The third-order valence-corrected chi connectivity index (χ3v) is 3.60. The lowest BCUT2D eigenvalue weighted by molar-refractivity contribution is -0.121. The van der Waals surface area contributed by atoms with Crippen molar-refractivity contribution in [3.63, 3.8) is 0 Å². The molecule has 0 radical (unpaired) electrons. The molecule has 26 heavy (non-hydrogen) atoms. The maximum atomic E-state index is 11.7. The number of amides is 1. The first-order valence-electron chi connectivity index (χ1n) is 8.77. The number of nitrogens with zero attached hydrogens (tertiary/aromatic N) is 1. The number of carbonyl (C=O) groups is 1. The Kier molecular flexibility index (Phi) is 10.9. The van der Waals surface area contributed by atoms with Gasteiger partial charge in [-0.3, -0.25) is 4.79 Å². The minimum Gasteiger partial charge on any atom is -0.466 e. The lowest BCUT2D eigenvalue weighted by atomic mass is 9.96. The molecule has 8 heteroatoms. The van der Waals surface area contributed by atoms with Gasteiger partial charge in [0, 0.05) is 31.1 Å². The number of aliphatic hydroxyl groups is 1. The molecule has 150 valence electrons. The Balaban J connectivity index is 0.00000625. The van der Waals surface area contributed by atoms with Gasteiger partial charge in [-0.2, -0.15) is 0 Å². The van der Waals surface area contributed by atoms with E-state index in [-0.39, 0.29) is 42.5 Å². The van der Waals surface area contributed by atoms with E-state index in [0.29, 0.717) is 31.2 Å². The number of hydrogen-bond donors (Lipinski definition) is 4. The van der Waals surface area contributed by atoms with Crippen LogP contribution in [-0.2, 0) is 10.4 Å². The van der Waals surface area contributed by atoms with Crippen molar-refractivity contribution in [3.05, 3.63) is 23.2 Å². The van der Waals surface area contributed by atoms with Gasteiger partial charge in [0.25, 0.3) is 0 Å². The fraction of sp³-hybridized carbons (Fsp3) is 0.667. The topological polar surface area (TPSA) is 98.9 Å². The molecule has 1 aromatic rings. The summed E-state index contributed by atoms with van der Waals surface area (Å²) in [6, 6.07) is 1.97. The summed E-state index contributed by atoms with van der Waals surface area (Å²) in [5.41, 5.74) is -0.389. The zero-order valence-electron chi connectivity index (χ0n) is 16.6. The lowest BCUT2D eigenvalue weighted by Gasteiger charge is -2.21. The zero-order valence-corrected chi connectivity index (χ0v) is 18.9. The SMILES string of the molecule is CCNC(=NCC(C)(O)c1cc(C)oc1C)NCCC(=O)NC(C)C.I. The Hall–Kier alpha value is -1.29. The van der Waals surface area contributed by atoms with Gasteiger partial charge in [-0.1, -0.05) is 0 Å². The summed E-state index contributed by atoms with van der Waals surface area (Å²) in [4.78, 5) is 16.1. The van der Waals surface area contributed by atoms with Crippen molar-refractivity contribution in [2.45, 2.75) is 59.6 Å². The van der Waals surface area contributed by atoms with Gasteiger partial charge in [0.1, 0.15) is 17.1 Å². The first-order valence-corrected chi connectivity index (χ1v) is 8.77. The number of aliphatic imine (C=N–C) groups is 1. The third-order valence-electron chi connectivity index (χ3n) is 3.60. The Morgan fingerprint density at radius 1 is 1.35 bits per heavy atom. The molecule has 0 saturated carbocycles. The molecule has 0 aliphatic carbocycles. The van der Waals surface area contributed by atoms with Crippen molar-refractivity contribution in [1.82, 2.24) is 16.0 Å². The van der Waals surface area contributed by atoms with E-state index >= 15 is 0 Å². The van der Waals surface area contributed by atoms with E-state index in [9.17, 15) is 9.90 Å². The van der Waals surface area contributed by atoms with Crippen LogP contribution in [0.2, 0.25) is 0 Å². The molecule has 0 spiro atoms. The van der Waals surface area contributed by atoms with E-state index in [4.69, 9.17) is 4.42 Å². The van der Waals surface area contributed by atoms with Crippen LogP contribution in [0.1, 0.15) is 51.2 Å². The highest BCUT2D eigenvalue weighted by atomic mass is 127. The average molecular weight is 480 g/mol. The first kappa shape index (κ1) is 24.7. The number of carbonyl (C=O) groups excluding carboxylic acids is 1. The summed E-state index contributed by atoms with van der Waals surface area (Å²) in [6.07, 6.45) is 0.360. The number of hydrogen-bond acceptors (Lipinski definition) is 4. The Labute approximate surface area is 173 Å². The van der Waals surface area contributed by atoms with Crippen molar-refractivity contribution in [3.8, 4) is 0 Å². The van der Waals surface area contributed by atoms with E-state index in [1.54, 1.807) is 6.92 Å². The molecule has 1 amide bonds. The van der Waals surface area contributed by atoms with Gasteiger partial charge >= 0.3 is 0 Å². The van der Waals surface area contributed by atoms with Crippen LogP contribution in [0.3, 0.4) is 0 Å². The molecular formula is C18H33IN4O3. The third kappa shape index (κ3) is 8.39. The van der Waals surface area contributed by atoms with E-state index in [1.165, 1.54) is 0 Å². The van der Waals surface area contributed by atoms with Gasteiger partial charge in [0.2, 0.25) is 5.91 Å². The summed E-state index contributed by atoms with van der Waals surface area (Å²) in [5, 5.41) is 19.8. The Morgan fingerprint density at radius 3 is 2.50 bits per heavy atom. The maximum Gasteiger partial charge on any atom is 0.221 e. The van der Waals surface area contributed by atoms with E-state index in [0.717, 1.165) is 11.3 Å². The number of guanidine groups is 1. The molecule has 0 aromatic carbocycles. The molecule has 1 heterocycles. The van der Waals surface area contributed by atoms with Gasteiger partial charge in [0.15, 0.2) is 5.96 Å². The highest BCUT2D eigenvalue weighted by Crippen LogP contribution is 2.27. The van der Waals surface area contributed by atoms with Gasteiger partial charge < -0.3 is 25.5 Å². The van der Waals surface area contributed by atoms with Crippen molar-refractivity contribution in [2.75, 3.05) is 19.6 Å². The predicted molar refractivity (Wildman–Crippen MR) is 115 cm³/mol. The smallest absolute Gasteiger partial charge is 0.221 e. The molecule has 4 N–H and O–H groups in total. The average Bonchev–Trinajstić information content (AvgIpc) is 2.83. The van der Waals surface area contributed by atoms with Crippen LogP contribution in [0.4, 0.5) is 0 Å². The second kappa shape index (κ2) is 11.4. The molecule has 1 unspecified atom stereocenters. The van der Waals surface area contributed by atoms with Crippen LogP contribution >= 0.6 is 24.0 Å². The van der Waals surface area contributed by atoms with Crippen LogP contribution in [-0.4, -0.2) is 42.6 Å². The summed E-state index contributed by atoms with van der Waals surface area (Å²) in [7, 11) is 0. The van der Waals surface area contributed by atoms with Crippen molar-refractivity contribution >= 4 is 35.8 Å². The van der Waals surface area contributed by atoms with Crippen molar-refractivity contribution in [1.29, 1.82) is 0 Å². The number of rotatable bonds is 8. The second-order valence-electron chi connectivity index (χ2n) is 6.69. The first-order chi connectivity index (χ1) is 11.7. The van der Waals surface area contributed by atoms with Crippen molar-refractivity contribution in [2.24, 2.45) is 4.99 Å². The molecule has 0 bridgehead atoms. The minimum absolute atomic E-state index is 0. The zero-order chi connectivity index (χ0) is 19.0. The Bertz CT molecular complexity index is 597. The fourth-order valence-electron chi connectivity index (χ4n) is 2.51. The van der Waals surface area contributed by atoms with Crippen LogP contribution in [0, 0.1) is 13.8 Å². The molecule has 0 saturated heterocycles. The molecule has 1 atom stereocenters. The lowest BCUT2D eigenvalue weighted by Crippen LogP contribution is -2.41. The standard InChI is InChI=1S/C18H32N4O3.HI/c1-7-19-17(20-9-8-16(23)22-12(2)3)21-11-18(6,24)15-10-13(4)25-14(15)5;/h10,12,24H,7-9,11H2,1-6H3,(H,22,23)(H2,19,20,21);1H. The van der Waals surface area contributed by atoms with Gasteiger partial charge in [-0.25, -0.2) is 4.99 Å². The van der Waals surface area contributed by atoms with Crippen LogP contribution < -0.4 is 16.0 Å². The summed E-state index contributed by atoms with van der Waals surface area (Å²) in [5.74, 6) is 2.02. The summed E-state index contributed by atoms with van der Waals surface area (Å²) >= 11 is 0. The maximum absolute atomic E-state index is 11.7. The van der Waals surface area contributed by atoms with Crippen LogP contribution in [0.5, 0.6) is 0 Å². The monoisotopic (exact) mass is 480 g/mol. The minimum atomic E-state index is -1.13. The molecule has 0 aliphatic rings. The molecule has 7 nitrogen and oxygen atoms in total. The predicted octanol–water partition coefficient (Wildman–Crippen LogP) is 2.19. The van der Waals surface area contributed by atoms with E-state index in [1.807, 2.05) is 40.7 Å². The number of halogens is 1. The summed E-state index contributed by atoms with van der Waals surface area (Å²) < 4.78 is 5.49. The quantitative estimate of drug-likeness (QED) is 0.260.